The van der Waals surface area contributed by atoms with E-state index in [1.807, 2.05) is 37.3 Å². The molecule has 2 aromatic carbocycles. The number of carbonyl (C=O) groups is 1. The summed E-state index contributed by atoms with van der Waals surface area (Å²) in [6, 6.07) is 12.3. The van der Waals surface area contributed by atoms with Gasteiger partial charge in [0.1, 0.15) is 17.6 Å². The molecule has 0 aromatic heterocycles. The Morgan fingerprint density at radius 2 is 2.00 bits per heavy atom. The van der Waals surface area contributed by atoms with Crippen LogP contribution in [0, 0.1) is 0 Å². The number of fused-ring (bicyclic) bond motifs is 1. The fourth-order valence-electron chi connectivity index (χ4n) is 2.97. The number of nitrogens with two attached hydrogens (primary N) is 1. The first kappa shape index (κ1) is 19.9. The molecule has 1 heterocycles. The van der Waals surface area contributed by atoms with Crippen molar-refractivity contribution in [1.29, 1.82) is 0 Å². The van der Waals surface area contributed by atoms with E-state index in [0.717, 1.165) is 11.1 Å². The van der Waals surface area contributed by atoms with Gasteiger partial charge in [-0.05, 0) is 37.3 Å². The molecule has 0 saturated carbocycles. The molecule has 0 spiro atoms. The molecule has 0 aliphatic carbocycles. The van der Waals surface area contributed by atoms with E-state index in [1.54, 1.807) is 19.2 Å². The van der Waals surface area contributed by atoms with Gasteiger partial charge in [0.05, 0.1) is 24.9 Å². The summed E-state index contributed by atoms with van der Waals surface area (Å²) in [5.74, 6) is 6.68. The van der Waals surface area contributed by atoms with E-state index >= 15 is 0 Å². The van der Waals surface area contributed by atoms with Crippen LogP contribution in [-0.4, -0.2) is 37.2 Å². The van der Waals surface area contributed by atoms with E-state index in [0.29, 0.717) is 34.6 Å². The second kappa shape index (κ2) is 8.86. The van der Waals surface area contributed by atoms with Crippen molar-refractivity contribution in [3.8, 4) is 5.75 Å². The van der Waals surface area contributed by atoms with Crippen molar-refractivity contribution >= 4 is 34.7 Å². The van der Waals surface area contributed by atoms with E-state index in [4.69, 9.17) is 27.2 Å². The van der Waals surface area contributed by atoms with Gasteiger partial charge in [0, 0.05) is 22.7 Å². The Bertz CT molecular complexity index is 925. The van der Waals surface area contributed by atoms with Crippen molar-refractivity contribution in [2.45, 2.75) is 19.4 Å². The predicted molar refractivity (Wildman–Crippen MR) is 112 cm³/mol. The fraction of sp³-hybridized carbons (Fsp3) is 0.250. The molecule has 1 atom stereocenters. The van der Waals surface area contributed by atoms with Crippen molar-refractivity contribution in [2.75, 3.05) is 13.7 Å². The molecular formula is C20H22ClN5O2. The van der Waals surface area contributed by atoms with Gasteiger partial charge >= 0.3 is 0 Å². The van der Waals surface area contributed by atoms with Crippen LogP contribution in [0.25, 0.3) is 0 Å². The smallest absolute Gasteiger partial charge is 0.222 e. The molecule has 3 rings (SSSR count). The number of halogens is 1. The zero-order valence-corrected chi connectivity index (χ0v) is 16.5. The minimum Gasteiger partial charge on any atom is -0.497 e. The lowest BCUT2D eigenvalue weighted by molar-refractivity contribution is -0.121. The van der Waals surface area contributed by atoms with Crippen LogP contribution in [-0.2, 0) is 4.79 Å². The summed E-state index contributed by atoms with van der Waals surface area (Å²) in [5, 5.41) is 3.42. The highest BCUT2D eigenvalue weighted by molar-refractivity contribution is 6.30. The molecule has 146 valence electrons. The van der Waals surface area contributed by atoms with Crippen LogP contribution < -0.4 is 21.3 Å². The molecule has 2 aromatic rings. The molecule has 8 heteroatoms. The summed E-state index contributed by atoms with van der Waals surface area (Å²) in [6.07, 6.45) is 0.124. The lowest BCUT2D eigenvalue weighted by atomic mass is 10.00. The number of nitrogens with one attached hydrogen (secondary N) is 2. The molecule has 0 fully saturated rings. The SMILES string of the molecule is CCNC(=O)CC1N=C(c2ccc(Cl)cc2)c2cc(OC)ccc2N=C1NN. The first-order valence-corrected chi connectivity index (χ1v) is 9.27. The van der Waals surface area contributed by atoms with E-state index in [1.165, 1.54) is 0 Å². The van der Waals surface area contributed by atoms with Gasteiger partial charge in [-0.25, -0.2) is 10.8 Å². The Morgan fingerprint density at radius 1 is 1.25 bits per heavy atom. The van der Waals surface area contributed by atoms with Gasteiger partial charge in [0.15, 0.2) is 0 Å². The van der Waals surface area contributed by atoms with Crippen molar-refractivity contribution in [2.24, 2.45) is 15.8 Å². The van der Waals surface area contributed by atoms with Crippen molar-refractivity contribution in [3.63, 3.8) is 0 Å². The van der Waals surface area contributed by atoms with Crippen LogP contribution in [0.3, 0.4) is 0 Å². The average molecular weight is 400 g/mol. The Morgan fingerprint density at radius 3 is 2.64 bits per heavy atom. The standard InChI is InChI=1S/C20H22ClN5O2/c1-3-23-18(27)11-17-20(26-22)25-16-9-8-14(28-2)10-15(16)19(24-17)12-4-6-13(21)7-5-12/h4-10,17H,3,11,22H2,1-2H3,(H,23,27)(H,25,26). The Hall–Kier alpha value is -2.90. The van der Waals surface area contributed by atoms with Gasteiger partial charge < -0.3 is 15.5 Å². The van der Waals surface area contributed by atoms with Crippen LogP contribution >= 0.6 is 11.6 Å². The quantitative estimate of drug-likeness (QED) is 0.531. The van der Waals surface area contributed by atoms with Crippen LogP contribution in [0.2, 0.25) is 5.02 Å². The number of rotatable bonds is 5. The van der Waals surface area contributed by atoms with Gasteiger partial charge in [0.25, 0.3) is 0 Å². The molecule has 0 saturated heterocycles. The van der Waals surface area contributed by atoms with Gasteiger partial charge in [-0.15, -0.1) is 0 Å². The average Bonchev–Trinajstić information content (AvgIpc) is 2.85. The number of nitrogens with zero attached hydrogens (tertiary/aromatic N) is 2. The molecule has 7 nitrogen and oxygen atoms in total. The summed E-state index contributed by atoms with van der Waals surface area (Å²) < 4.78 is 5.37. The summed E-state index contributed by atoms with van der Waals surface area (Å²) >= 11 is 6.05. The summed E-state index contributed by atoms with van der Waals surface area (Å²) in [5.41, 5.74) is 5.61. The summed E-state index contributed by atoms with van der Waals surface area (Å²) in [6.45, 7) is 2.41. The number of ether oxygens (including phenoxy) is 1. The molecule has 0 bridgehead atoms. The second-order valence-electron chi connectivity index (χ2n) is 6.18. The number of hydrogen-bond acceptors (Lipinski definition) is 6. The zero-order valence-electron chi connectivity index (χ0n) is 15.7. The number of hydrogen-bond donors (Lipinski definition) is 3. The van der Waals surface area contributed by atoms with Crippen molar-refractivity contribution in [3.05, 3.63) is 58.6 Å². The Labute approximate surface area is 168 Å². The lowest BCUT2D eigenvalue weighted by Crippen LogP contribution is -2.41. The highest BCUT2D eigenvalue weighted by Crippen LogP contribution is 2.31. The highest BCUT2D eigenvalue weighted by atomic mass is 35.5. The predicted octanol–water partition coefficient (Wildman–Crippen LogP) is 2.59. The van der Waals surface area contributed by atoms with E-state index in [9.17, 15) is 4.79 Å². The minimum atomic E-state index is -0.555. The second-order valence-corrected chi connectivity index (χ2v) is 6.62. The monoisotopic (exact) mass is 399 g/mol. The number of carbonyl (C=O) groups excluding carboxylic acids is 1. The number of amides is 1. The number of aliphatic imine (C=N–C) groups is 2. The van der Waals surface area contributed by atoms with Gasteiger partial charge in [-0.2, -0.15) is 0 Å². The number of hydrazine groups is 1. The molecule has 1 unspecified atom stereocenters. The zero-order chi connectivity index (χ0) is 20.1. The normalized spacial score (nSPS) is 15.6. The Balaban J connectivity index is 2.16. The van der Waals surface area contributed by atoms with E-state index in [2.05, 4.69) is 15.7 Å². The first-order chi connectivity index (χ1) is 13.5. The molecule has 28 heavy (non-hydrogen) atoms. The largest absolute Gasteiger partial charge is 0.497 e. The van der Waals surface area contributed by atoms with Crippen molar-refractivity contribution < 1.29 is 9.53 Å². The summed E-state index contributed by atoms with van der Waals surface area (Å²) in [4.78, 5) is 21.7. The van der Waals surface area contributed by atoms with Crippen LogP contribution in [0.5, 0.6) is 5.75 Å². The van der Waals surface area contributed by atoms with E-state index < -0.39 is 6.04 Å². The van der Waals surface area contributed by atoms with Gasteiger partial charge in [0.2, 0.25) is 5.91 Å². The maximum Gasteiger partial charge on any atom is 0.222 e. The van der Waals surface area contributed by atoms with E-state index in [-0.39, 0.29) is 12.3 Å². The van der Waals surface area contributed by atoms with Gasteiger partial charge in [-0.1, -0.05) is 23.7 Å². The summed E-state index contributed by atoms with van der Waals surface area (Å²) in [7, 11) is 1.60. The fourth-order valence-corrected chi connectivity index (χ4v) is 3.10. The Kier molecular flexibility index (Phi) is 6.28. The molecule has 1 aliphatic rings. The maximum atomic E-state index is 12.2. The number of benzene rings is 2. The molecule has 1 aliphatic heterocycles. The van der Waals surface area contributed by atoms with Crippen LogP contribution in [0.4, 0.5) is 5.69 Å². The third-order valence-corrected chi connectivity index (χ3v) is 4.57. The molecule has 4 N–H and O–H groups in total. The van der Waals surface area contributed by atoms with Gasteiger partial charge in [-0.3, -0.25) is 9.79 Å². The molecule has 1 amide bonds. The minimum absolute atomic E-state index is 0.124. The third kappa shape index (κ3) is 4.32. The maximum absolute atomic E-state index is 12.2. The molecule has 0 radical (unpaired) electrons. The van der Waals surface area contributed by atoms with Crippen LogP contribution in [0.15, 0.2) is 52.4 Å². The van der Waals surface area contributed by atoms with Crippen molar-refractivity contribution in [1.82, 2.24) is 10.7 Å². The highest BCUT2D eigenvalue weighted by Gasteiger charge is 2.25. The third-order valence-electron chi connectivity index (χ3n) is 4.32. The topological polar surface area (TPSA) is 101 Å². The number of methoxy groups -OCH3 is 1. The molecular weight excluding hydrogens is 378 g/mol. The first-order valence-electron chi connectivity index (χ1n) is 8.89. The lowest BCUT2D eigenvalue weighted by Gasteiger charge is -2.15. The van der Waals surface area contributed by atoms with Crippen LogP contribution in [0.1, 0.15) is 24.5 Å². The number of amidine groups is 1.